The van der Waals surface area contributed by atoms with Crippen molar-refractivity contribution in [3.63, 3.8) is 0 Å². The smallest absolute Gasteiger partial charge is 0.344 e. The van der Waals surface area contributed by atoms with E-state index in [0.29, 0.717) is 22.3 Å². The molecule has 0 fully saturated rings. The molecule has 67 heavy (non-hydrogen) atoms. The Labute approximate surface area is 383 Å². The van der Waals surface area contributed by atoms with Crippen LogP contribution in [0.3, 0.4) is 0 Å². The van der Waals surface area contributed by atoms with E-state index in [1.807, 2.05) is 6.07 Å². The second-order valence-corrected chi connectivity index (χ2v) is 21.1. The van der Waals surface area contributed by atoms with Crippen LogP contribution in [0.4, 0.5) is 26.3 Å². The molecule has 1 unspecified atom stereocenters. The minimum atomic E-state index is -4.68. The van der Waals surface area contributed by atoms with Crippen molar-refractivity contribution < 1.29 is 44.9 Å². The van der Waals surface area contributed by atoms with Gasteiger partial charge in [-0.25, -0.2) is 0 Å². The van der Waals surface area contributed by atoms with Gasteiger partial charge >= 0.3 is 31.6 Å². The lowest BCUT2D eigenvalue weighted by Crippen LogP contribution is -2.26. The Morgan fingerprint density at radius 2 is 1.15 bits per heavy atom. The molecule has 12 heteroatoms. The number of hydrogen-bond acceptors (Lipinski definition) is 4. The van der Waals surface area contributed by atoms with Gasteiger partial charge in [0.05, 0.1) is 21.5 Å². The predicted octanol–water partition coefficient (Wildman–Crippen LogP) is 15.7. The van der Waals surface area contributed by atoms with Crippen molar-refractivity contribution >= 4 is 39.8 Å². The van der Waals surface area contributed by atoms with Crippen molar-refractivity contribution in [2.75, 3.05) is 0 Å². The van der Waals surface area contributed by atoms with Crippen molar-refractivity contribution in [2.45, 2.75) is 58.3 Å². The highest BCUT2D eigenvalue weighted by molar-refractivity contribution is 7.75. The maximum Gasteiger partial charge on any atom is 0.344 e. The van der Waals surface area contributed by atoms with E-state index < -0.39 is 48.4 Å². The zero-order chi connectivity index (χ0) is 47.3. The van der Waals surface area contributed by atoms with E-state index in [1.165, 1.54) is 6.07 Å². The zero-order valence-electron chi connectivity index (χ0n) is 37.2. The average molecular weight is 926 g/mol. The molecule has 1 aromatic heterocycles. The summed E-state index contributed by atoms with van der Waals surface area (Å²) >= 11 is 0. The minimum absolute atomic E-state index is 0.0672. The van der Waals surface area contributed by atoms with Crippen molar-refractivity contribution in [1.82, 2.24) is 4.57 Å². The van der Waals surface area contributed by atoms with E-state index in [1.54, 1.807) is 89.5 Å². The van der Waals surface area contributed by atoms with E-state index in [-0.39, 0.29) is 44.1 Å². The summed E-state index contributed by atoms with van der Waals surface area (Å²) in [4.78, 5) is 0. The van der Waals surface area contributed by atoms with Crippen LogP contribution in [0.15, 0.2) is 164 Å². The number of benzene rings is 7. The molecule has 338 valence electrons. The summed E-state index contributed by atoms with van der Waals surface area (Å²) in [6.45, 7) is 12.9. The molecule has 7 aromatic carbocycles. The van der Waals surface area contributed by atoms with Gasteiger partial charge in [-0.3, -0.25) is 4.57 Å². The number of hydrogen-bond donors (Lipinski definition) is 0. The van der Waals surface area contributed by atoms with Gasteiger partial charge in [-0.1, -0.05) is 139 Å². The van der Waals surface area contributed by atoms with Crippen LogP contribution in [-0.4, -0.2) is 4.57 Å². The molecular weight excluding hydrogens is 884 g/mol. The Kier molecular flexibility index (Phi) is 10.4. The van der Waals surface area contributed by atoms with Gasteiger partial charge in [0, 0.05) is 28.6 Å². The SMILES string of the molecule is CC(C)(C)c1ccc2c(c1)-c1cc(C(C)(C)C)ccc1C2c1ccc2c(c1)c1c(OC(F)=C(F)F)c(P3(=O)Oc4ccccc4-c4ccccc43)cc(OC(F)=C(F)F)c1n2-c1ccccc1. The third kappa shape index (κ3) is 7.22. The lowest BCUT2D eigenvalue weighted by molar-refractivity contribution is 0.240. The van der Waals surface area contributed by atoms with Gasteiger partial charge in [0.15, 0.2) is 11.5 Å². The molecule has 0 saturated carbocycles. The third-order valence-electron chi connectivity index (χ3n) is 12.7. The van der Waals surface area contributed by atoms with Crippen molar-refractivity contribution in [3.05, 3.63) is 192 Å². The molecule has 0 radical (unpaired) electrons. The van der Waals surface area contributed by atoms with Gasteiger partial charge in [-0.15, -0.1) is 0 Å². The number of aromatic nitrogens is 1. The molecule has 0 amide bonds. The Bertz CT molecular complexity index is 3400. The first-order valence-electron chi connectivity index (χ1n) is 21.6. The second-order valence-electron chi connectivity index (χ2n) is 18.9. The first kappa shape index (κ1) is 43.9. The van der Waals surface area contributed by atoms with Crippen LogP contribution in [0, 0.1) is 0 Å². The zero-order valence-corrected chi connectivity index (χ0v) is 38.0. The molecule has 8 aromatic rings. The molecule has 0 saturated heterocycles. The molecule has 2 heterocycles. The Morgan fingerprint density at radius 1 is 0.582 bits per heavy atom. The lowest BCUT2D eigenvalue weighted by Gasteiger charge is -2.30. The summed E-state index contributed by atoms with van der Waals surface area (Å²) in [6, 6.07) is 36.4. The van der Waals surface area contributed by atoms with Gasteiger partial charge in [-0.05, 0) is 91.7 Å². The van der Waals surface area contributed by atoms with Crippen LogP contribution in [0.2, 0.25) is 0 Å². The van der Waals surface area contributed by atoms with Crippen molar-refractivity contribution in [2.24, 2.45) is 0 Å². The van der Waals surface area contributed by atoms with E-state index in [0.717, 1.165) is 45.0 Å². The molecule has 0 bridgehead atoms. The molecule has 1 aliphatic heterocycles. The summed E-state index contributed by atoms with van der Waals surface area (Å²) < 4.78 is 123. The molecule has 2 aliphatic rings. The Morgan fingerprint density at radius 3 is 1.76 bits per heavy atom. The molecule has 1 atom stereocenters. The van der Waals surface area contributed by atoms with Crippen LogP contribution in [0.1, 0.15) is 75.3 Å². The molecule has 0 N–H and O–H groups in total. The second kappa shape index (κ2) is 15.8. The standard InChI is InChI=1S/C55H42F6NO4P/c1-54(2,3)31-21-23-36-38(27-31)39-28-32(55(4,5)6)22-24-37(39)46(36)30-20-25-41-40(26-30)47-48(62(41)33-14-8-7-9-15-33)43(64-52(60)50(56)57)29-45(49(47)65-53(61)51(58)59)67(63)44-19-13-11-17-35(44)34-16-10-12-18-42(34)66-67/h7-29,46H,1-6H3. The molecule has 10 rings (SSSR count). The maximum absolute atomic E-state index is 16.0. The number of nitrogens with zero attached hydrogens (tertiary/aromatic N) is 1. The topological polar surface area (TPSA) is 49.7 Å². The quantitative estimate of drug-likeness (QED) is 0.0908. The van der Waals surface area contributed by atoms with E-state index >= 15 is 13.3 Å². The summed E-state index contributed by atoms with van der Waals surface area (Å²) in [5.74, 6) is -1.54. The van der Waals surface area contributed by atoms with Crippen LogP contribution < -0.4 is 24.6 Å². The lowest BCUT2D eigenvalue weighted by atomic mass is 9.83. The highest BCUT2D eigenvalue weighted by Gasteiger charge is 2.43. The monoisotopic (exact) mass is 925 g/mol. The van der Waals surface area contributed by atoms with Crippen LogP contribution in [0.5, 0.6) is 17.2 Å². The summed E-state index contributed by atoms with van der Waals surface area (Å²) in [6.07, 6.45) is -5.62. The van der Waals surface area contributed by atoms with Gasteiger partial charge in [0.2, 0.25) is 0 Å². The van der Waals surface area contributed by atoms with Crippen LogP contribution >= 0.6 is 7.37 Å². The molecule has 1 aliphatic carbocycles. The normalized spacial score (nSPS) is 15.3. The fraction of sp³-hybridized carbons (Fsp3) is 0.164. The Hall–Kier alpha value is -6.97. The molecule has 5 nitrogen and oxygen atoms in total. The largest absolute Gasteiger partial charge is 0.436 e. The predicted molar refractivity (Wildman–Crippen MR) is 252 cm³/mol. The van der Waals surface area contributed by atoms with Crippen LogP contribution in [0.25, 0.3) is 49.7 Å². The van der Waals surface area contributed by atoms with E-state index in [9.17, 15) is 17.6 Å². The van der Waals surface area contributed by atoms with Gasteiger partial charge in [0.1, 0.15) is 11.3 Å². The minimum Gasteiger partial charge on any atom is -0.436 e. The summed E-state index contributed by atoms with van der Waals surface area (Å²) in [5.41, 5.74) is 8.30. The fourth-order valence-electron chi connectivity index (χ4n) is 9.48. The van der Waals surface area contributed by atoms with Gasteiger partial charge < -0.3 is 18.6 Å². The van der Waals surface area contributed by atoms with E-state index in [2.05, 4.69) is 77.9 Å². The number of halogens is 6. The average Bonchev–Trinajstić information content (AvgIpc) is 3.82. The molecule has 0 spiro atoms. The van der Waals surface area contributed by atoms with E-state index in [4.69, 9.17) is 14.0 Å². The summed E-state index contributed by atoms with van der Waals surface area (Å²) in [5, 5.41) is -0.423. The van der Waals surface area contributed by atoms with Gasteiger partial charge in [0.25, 0.3) is 0 Å². The van der Waals surface area contributed by atoms with Crippen molar-refractivity contribution in [1.29, 1.82) is 0 Å². The highest BCUT2D eigenvalue weighted by Crippen LogP contribution is 2.59. The van der Waals surface area contributed by atoms with Crippen LogP contribution in [-0.2, 0) is 15.4 Å². The number of rotatable bonds is 7. The summed E-state index contributed by atoms with van der Waals surface area (Å²) in [7, 11) is -4.68. The number of ether oxygens (including phenoxy) is 2. The third-order valence-corrected chi connectivity index (χ3v) is 15.1. The fourth-order valence-corrected chi connectivity index (χ4v) is 11.9. The first-order valence-corrected chi connectivity index (χ1v) is 23.2. The molecular formula is C55H42F6NO4P. The first-order chi connectivity index (χ1) is 31.8. The number of fused-ring (bicyclic) bond motifs is 9. The Balaban J connectivity index is 1.35. The highest BCUT2D eigenvalue weighted by atomic mass is 31.2. The van der Waals surface area contributed by atoms with Gasteiger partial charge in [-0.2, -0.15) is 26.3 Å². The maximum atomic E-state index is 16.0. The van der Waals surface area contributed by atoms with Crippen molar-refractivity contribution in [3.8, 4) is 45.2 Å². The number of para-hydroxylation sites is 2.